The molecule has 0 aromatic heterocycles. The van der Waals surface area contributed by atoms with Crippen LogP contribution in [0.2, 0.25) is 0 Å². The molecule has 3 rings (SSSR count). The van der Waals surface area contributed by atoms with Gasteiger partial charge in [0.25, 0.3) is 0 Å². The first-order chi connectivity index (χ1) is 12.2. The molecule has 1 saturated heterocycles. The molecule has 7 heteroatoms. The number of carboxylic acid groups (broad SMARTS) is 1. The minimum Gasteiger partial charge on any atom is -0.478 e. The van der Waals surface area contributed by atoms with Crippen LogP contribution in [-0.4, -0.2) is 48.4 Å². The van der Waals surface area contributed by atoms with Gasteiger partial charge in [-0.15, -0.1) is 0 Å². The van der Waals surface area contributed by atoms with Crippen molar-refractivity contribution in [2.45, 2.75) is 51.8 Å². The predicted molar refractivity (Wildman–Crippen MR) is 98.8 cm³/mol. The van der Waals surface area contributed by atoms with Gasteiger partial charge in [0.2, 0.25) is 0 Å². The van der Waals surface area contributed by atoms with E-state index in [2.05, 4.69) is 21.6 Å². The average molecular weight is 361 g/mol. The maximum absolute atomic E-state index is 12.0. The van der Waals surface area contributed by atoms with Crippen LogP contribution in [0.15, 0.2) is 12.1 Å². The highest BCUT2D eigenvalue weighted by atomic mass is 16.6. The standard InChI is InChI=1S/C19H27N3O4/c1-19(2,3)26-18(25)21-13-5-7-22(11-13)14-8-12-4-6-20-10-16(12)15(9-14)17(23)24/h8-9,13,20H,4-7,10-11H2,1-3H3,(H,21,25)(H,23,24)/t13-/m0/s1. The van der Waals surface area contributed by atoms with Gasteiger partial charge in [-0.1, -0.05) is 0 Å². The summed E-state index contributed by atoms with van der Waals surface area (Å²) in [5.74, 6) is -0.894. The van der Waals surface area contributed by atoms with Gasteiger partial charge in [0, 0.05) is 25.3 Å². The summed E-state index contributed by atoms with van der Waals surface area (Å²) in [6.45, 7) is 8.39. The highest BCUT2D eigenvalue weighted by molar-refractivity contribution is 5.91. The van der Waals surface area contributed by atoms with Gasteiger partial charge < -0.3 is 25.4 Å². The highest BCUT2D eigenvalue weighted by Crippen LogP contribution is 2.28. The topological polar surface area (TPSA) is 90.9 Å². The molecule has 2 aliphatic heterocycles. The van der Waals surface area contributed by atoms with Crippen molar-refractivity contribution in [3.05, 3.63) is 28.8 Å². The quantitative estimate of drug-likeness (QED) is 0.764. The molecule has 1 aromatic carbocycles. The van der Waals surface area contributed by atoms with E-state index in [0.717, 1.165) is 42.7 Å². The number of carboxylic acids is 1. The second-order valence-corrected chi connectivity index (χ2v) is 7.94. The Balaban J connectivity index is 1.71. The van der Waals surface area contributed by atoms with E-state index in [9.17, 15) is 14.7 Å². The molecular formula is C19H27N3O4. The number of nitrogens with zero attached hydrogens (tertiary/aromatic N) is 1. The summed E-state index contributed by atoms with van der Waals surface area (Å²) in [5, 5.41) is 15.7. The molecular weight excluding hydrogens is 334 g/mol. The summed E-state index contributed by atoms with van der Waals surface area (Å²) < 4.78 is 5.31. The number of amides is 1. The molecule has 2 heterocycles. The first-order valence-corrected chi connectivity index (χ1v) is 9.07. The Bertz CT molecular complexity index is 711. The molecule has 0 unspecified atom stereocenters. The fourth-order valence-corrected chi connectivity index (χ4v) is 3.54. The maximum atomic E-state index is 12.0. The number of rotatable bonds is 3. The summed E-state index contributed by atoms with van der Waals surface area (Å²) in [6, 6.07) is 3.85. The van der Waals surface area contributed by atoms with Crippen molar-refractivity contribution in [1.29, 1.82) is 0 Å². The van der Waals surface area contributed by atoms with Crippen molar-refractivity contribution < 1.29 is 19.4 Å². The van der Waals surface area contributed by atoms with Crippen LogP contribution in [0, 0.1) is 0 Å². The third-order valence-corrected chi connectivity index (χ3v) is 4.70. The minimum absolute atomic E-state index is 0.00386. The van der Waals surface area contributed by atoms with Gasteiger partial charge in [-0.3, -0.25) is 0 Å². The highest BCUT2D eigenvalue weighted by Gasteiger charge is 2.28. The van der Waals surface area contributed by atoms with Crippen LogP contribution in [0.1, 0.15) is 48.7 Å². The summed E-state index contributed by atoms with van der Waals surface area (Å²) in [5.41, 5.74) is 2.74. The van der Waals surface area contributed by atoms with E-state index in [4.69, 9.17) is 4.74 Å². The molecule has 1 atom stereocenters. The van der Waals surface area contributed by atoms with Crippen LogP contribution < -0.4 is 15.5 Å². The van der Waals surface area contributed by atoms with Crippen LogP contribution in [0.4, 0.5) is 10.5 Å². The Kier molecular flexibility index (Phi) is 5.09. The maximum Gasteiger partial charge on any atom is 0.407 e. The zero-order chi connectivity index (χ0) is 18.9. The van der Waals surface area contributed by atoms with E-state index in [1.165, 1.54) is 0 Å². The monoisotopic (exact) mass is 361 g/mol. The van der Waals surface area contributed by atoms with E-state index in [1.54, 1.807) is 6.07 Å². The number of hydrogen-bond donors (Lipinski definition) is 3. The zero-order valence-corrected chi connectivity index (χ0v) is 15.6. The molecule has 0 saturated carbocycles. The Labute approximate surface area is 153 Å². The number of nitrogens with one attached hydrogen (secondary N) is 2. The average Bonchev–Trinajstić information content (AvgIpc) is 3.00. The van der Waals surface area contributed by atoms with Gasteiger partial charge in [0.15, 0.2) is 0 Å². The lowest BCUT2D eigenvalue weighted by Gasteiger charge is -2.25. The first-order valence-electron chi connectivity index (χ1n) is 9.07. The third-order valence-electron chi connectivity index (χ3n) is 4.70. The molecule has 7 nitrogen and oxygen atoms in total. The SMILES string of the molecule is CC(C)(C)OC(=O)N[C@H]1CCN(c2cc3c(c(C(=O)O)c2)CNCC3)C1. The van der Waals surface area contributed by atoms with E-state index >= 15 is 0 Å². The first kappa shape index (κ1) is 18.5. The Morgan fingerprint density at radius 1 is 1.35 bits per heavy atom. The molecule has 0 bridgehead atoms. The van der Waals surface area contributed by atoms with E-state index in [1.807, 2.05) is 20.8 Å². The van der Waals surface area contributed by atoms with Gasteiger partial charge in [-0.2, -0.15) is 0 Å². The molecule has 1 aromatic rings. The molecule has 26 heavy (non-hydrogen) atoms. The summed E-state index contributed by atoms with van der Waals surface area (Å²) in [6.07, 6.45) is 1.23. The Morgan fingerprint density at radius 2 is 2.12 bits per heavy atom. The Morgan fingerprint density at radius 3 is 2.81 bits per heavy atom. The van der Waals surface area contributed by atoms with Crippen LogP contribution in [-0.2, 0) is 17.7 Å². The lowest BCUT2D eigenvalue weighted by atomic mass is 9.94. The minimum atomic E-state index is -0.894. The lowest BCUT2D eigenvalue weighted by molar-refractivity contribution is 0.0508. The number of aromatic carboxylic acids is 1. The summed E-state index contributed by atoms with van der Waals surface area (Å²) in [7, 11) is 0. The van der Waals surface area contributed by atoms with Crippen LogP contribution in [0.3, 0.4) is 0 Å². The summed E-state index contributed by atoms with van der Waals surface area (Å²) in [4.78, 5) is 25.8. The van der Waals surface area contributed by atoms with E-state index in [-0.39, 0.29) is 6.04 Å². The van der Waals surface area contributed by atoms with Crippen molar-refractivity contribution in [3.63, 3.8) is 0 Å². The van der Waals surface area contributed by atoms with Gasteiger partial charge >= 0.3 is 12.1 Å². The lowest BCUT2D eigenvalue weighted by Crippen LogP contribution is -2.40. The molecule has 3 N–H and O–H groups in total. The predicted octanol–water partition coefficient (Wildman–Crippen LogP) is 2.13. The number of anilines is 1. The number of fused-ring (bicyclic) bond motifs is 1. The van der Waals surface area contributed by atoms with Crippen molar-refractivity contribution in [2.75, 3.05) is 24.5 Å². The number of benzene rings is 1. The smallest absolute Gasteiger partial charge is 0.407 e. The fourth-order valence-electron chi connectivity index (χ4n) is 3.54. The largest absolute Gasteiger partial charge is 0.478 e. The van der Waals surface area contributed by atoms with E-state index in [0.29, 0.717) is 18.7 Å². The molecule has 0 radical (unpaired) electrons. The molecule has 0 spiro atoms. The van der Waals surface area contributed by atoms with Gasteiger partial charge in [0.05, 0.1) is 11.6 Å². The van der Waals surface area contributed by atoms with Crippen LogP contribution in [0.25, 0.3) is 0 Å². The third kappa shape index (κ3) is 4.27. The molecule has 2 aliphatic rings. The number of carbonyl (C=O) groups is 2. The van der Waals surface area contributed by atoms with Crippen molar-refractivity contribution in [1.82, 2.24) is 10.6 Å². The number of ether oxygens (including phenoxy) is 1. The number of alkyl carbamates (subject to hydrolysis) is 1. The second kappa shape index (κ2) is 7.15. The molecule has 142 valence electrons. The number of carbonyl (C=O) groups excluding carboxylic acids is 1. The number of hydrogen-bond acceptors (Lipinski definition) is 5. The van der Waals surface area contributed by atoms with Gasteiger partial charge in [-0.05, 0) is 63.4 Å². The zero-order valence-electron chi connectivity index (χ0n) is 15.6. The van der Waals surface area contributed by atoms with Crippen LogP contribution in [0.5, 0.6) is 0 Å². The van der Waals surface area contributed by atoms with E-state index < -0.39 is 17.7 Å². The molecule has 1 amide bonds. The normalized spacial score (nSPS) is 19.8. The van der Waals surface area contributed by atoms with Gasteiger partial charge in [-0.25, -0.2) is 9.59 Å². The van der Waals surface area contributed by atoms with Crippen molar-refractivity contribution >= 4 is 17.7 Å². The van der Waals surface area contributed by atoms with Crippen molar-refractivity contribution in [2.24, 2.45) is 0 Å². The molecule has 0 aliphatic carbocycles. The van der Waals surface area contributed by atoms with Crippen LogP contribution >= 0.6 is 0 Å². The summed E-state index contributed by atoms with van der Waals surface area (Å²) >= 11 is 0. The van der Waals surface area contributed by atoms with Crippen molar-refractivity contribution in [3.8, 4) is 0 Å². The molecule has 1 fully saturated rings. The fraction of sp³-hybridized carbons (Fsp3) is 0.579. The second-order valence-electron chi connectivity index (χ2n) is 7.94. The van der Waals surface area contributed by atoms with Gasteiger partial charge in [0.1, 0.15) is 5.60 Å². The Hall–Kier alpha value is -2.28.